The van der Waals surface area contributed by atoms with E-state index >= 15 is 0 Å². The molecule has 0 spiro atoms. The van der Waals surface area contributed by atoms with Crippen LogP contribution in [0.3, 0.4) is 0 Å². The Balaban J connectivity index is 1.43. The SMILES string of the molecule is COc1cc(Br)cc2cc(C(=O)N/N=C\c3ccn(C4CCCCC4)c3)oc12. The highest BCUT2D eigenvalue weighted by Gasteiger charge is 2.16. The number of aromatic nitrogens is 1. The minimum absolute atomic E-state index is 0.184. The molecule has 0 bridgehead atoms. The largest absolute Gasteiger partial charge is 0.493 e. The third kappa shape index (κ3) is 3.99. The molecule has 2 aromatic heterocycles. The summed E-state index contributed by atoms with van der Waals surface area (Å²) in [5.41, 5.74) is 4.02. The zero-order valence-corrected chi connectivity index (χ0v) is 17.2. The average molecular weight is 444 g/mol. The standard InChI is InChI=1S/C21H22BrN3O3/c1-27-18-11-16(22)9-15-10-19(28-20(15)18)21(26)24-23-12-14-7-8-25(13-14)17-5-3-2-4-6-17/h7-13,17H,2-6H2,1H3,(H,24,26)/b23-12-. The summed E-state index contributed by atoms with van der Waals surface area (Å²) in [5, 5.41) is 4.85. The van der Waals surface area contributed by atoms with Crippen LogP contribution in [0.25, 0.3) is 11.0 Å². The molecule has 1 aromatic carbocycles. The van der Waals surface area contributed by atoms with Gasteiger partial charge in [-0.1, -0.05) is 35.2 Å². The van der Waals surface area contributed by atoms with Crippen molar-refractivity contribution >= 4 is 39.0 Å². The smallest absolute Gasteiger partial charge is 0.307 e. The van der Waals surface area contributed by atoms with Crippen LogP contribution in [0.1, 0.15) is 54.3 Å². The van der Waals surface area contributed by atoms with Gasteiger partial charge in [0.15, 0.2) is 17.1 Å². The number of hydrogen-bond donors (Lipinski definition) is 1. The zero-order valence-electron chi connectivity index (χ0n) is 15.7. The van der Waals surface area contributed by atoms with Gasteiger partial charge in [-0.2, -0.15) is 5.10 Å². The Labute approximate surface area is 171 Å². The van der Waals surface area contributed by atoms with E-state index in [0.717, 1.165) is 15.4 Å². The molecule has 0 aliphatic heterocycles. The fraction of sp³-hybridized carbons (Fsp3) is 0.333. The molecule has 28 heavy (non-hydrogen) atoms. The Bertz CT molecular complexity index is 1020. The van der Waals surface area contributed by atoms with Crippen molar-refractivity contribution in [2.75, 3.05) is 7.11 Å². The van der Waals surface area contributed by atoms with Crippen molar-refractivity contribution < 1.29 is 13.9 Å². The fourth-order valence-electron chi connectivity index (χ4n) is 3.68. The van der Waals surface area contributed by atoms with Gasteiger partial charge in [0.1, 0.15) is 0 Å². The van der Waals surface area contributed by atoms with E-state index in [9.17, 15) is 4.79 Å². The summed E-state index contributed by atoms with van der Waals surface area (Å²) in [7, 11) is 1.56. The number of carbonyl (C=O) groups is 1. The normalized spacial score (nSPS) is 15.4. The van der Waals surface area contributed by atoms with Crippen LogP contribution in [0.15, 0.2) is 50.7 Å². The molecule has 1 N–H and O–H groups in total. The summed E-state index contributed by atoms with van der Waals surface area (Å²) < 4.78 is 14.1. The number of hydrazone groups is 1. The molecule has 0 saturated heterocycles. The highest BCUT2D eigenvalue weighted by Crippen LogP contribution is 2.32. The lowest BCUT2D eigenvalue weighted by Gasteiger charge is -2.23. The number of carbonyl (C=O) groups excluding carboxylic acids is 1. The van der Waals surface area contributed by atoms with Crippen molar-refractivity contribution in [1.29, 1.82) is 0 Å². The quantitative estimate of drug-likeness (QED) is 0.430. The van der Waals surface area contributed by atoms with Gasteiger partial charge in [0.2, 0.25) is 0 Å². The Morgan fingerprint density at radius 1 is 1.32 bits per heavy atom. The van der Waals surface area contributed by atoms with Gasteiger partial charge in [0.25, 0.3) is 0 Å². The van der Waals surface area contributed by atoms with Crippen LogP contribution in [0.2, 0.25) is 0 Å². The second-order valence-electron chi connectivity index (χ2n) is 7.02. The number of nitrogens with zero attached hydrogens (tertiary/aromatic N) is 2. The lowest BCUT2D eigenvalue weighted by molar-refractivity contribution is 0.0929. The lowest BCUT2D eigenvalue weighted by atomic mass is 9.95. The zero-order chi connectivity index (χ0) is 19.5. The maximum atomic E-state index is 12.4. The molecule has 1 aliphatic carbocycles. The molecule has 0 unspecified atom stereocenters. The van der Waals surface area contributed by atoms with Gasteiger partial charge in [0.05, 0.1) is 13.3 Å². The third-order valence-electron chi connectivity index (χ3n) is 5.10. The van der Waals surface area contributed by atoms with Crippen LogP contribution in [0, 0.1) is 0 Å². The number of methoxy groups -OCH3 is 1. The second kappa shape index (κ2) is 8.22. The van der Waals surface area contributed by atoms with Crippen LogP contribution in [0.4, 0.5) is 0 Å². The van der Waals surface area contributed by atoms with E-state index in [1.165, 1.54) is 32.1 Å². The highest BCUT2D eigenvalue weighted by molar-refractivity contribution is 9.10. The number of rotatable bonds is 5. The molecule has 1 fully saturated rings. The van der Waals surface area contributed by atoms with Gasteiger partial charge >= 0.3 is 5.91 Å². The van der Waals surface area contributed by atoms with Crippen molar-refractivity contribution in [3.05, 3.63) is 52.5 Å². The Hall–Kier alpha value is -2.54. The van der Waals surface area contributed by atoms with Gasteiger partial charge in [-0.05, 0) is 37.1 Å². The van der Waals surface area contributed by atoms with Gasteiger partial charge in [-0.15, -0.1) is 0 Å². The second-order valence-corrected chi connectivity index (χ2v) is 7.94. The van der Waals surface area contributed by atoms with E-state index < -0.39 is 5.91 Å². The summed E-state index contributed by atoms with van der Waals surface area (Å²) in [6.45, 7) is 0. The number of amides is 1. The molecule has 7 heteroatoms. The van der Waals surface area contributed by atoms with Crippen LogP contribution in [-0.2, 0) is 0 Å². The first-order valence-corrected chi connectivity index (χ1v) is 10.2. The van der Waals surface area contributed by atoms with E-state index in [1.54, 1.807) is 25.5 Å². The highest BCUT2D eigenvalue weighted by atomic mass is 79.9. The van der Waals surface area contributed by atoms with Crippen LogP contribution in [0.5, 0.6) is 5.75 Å². The molecule has 1 aliphatic rings. The molecular weight excluding hydrogens is 422 g/mol. The van der Waals surface area contributed by atoms with E-state index in [-0.39, 0.29) is 5.76 Å². The van der Waals surface area contributed by atoms with Crippen molar-refractivity contribution in [2.24, 2.45) is 5.10 Å². The summed E-state index contributed by atoms with van der Waals surface area (Å²) in [6.07, 6.45) is 12.2. The molecule has 146 valence electrons. The summed E-state index contributed by atoms with van der Waals surface area (Å²) in [4.78, 5) is 12.4. The van der Waals surface area contributed by atoms with E-state index in [0.29, 0.717) is 17.4 Å². The Kier molecular flexibility index (Phi) is 5.52. The molecule has 6 nitrogen and oxygen atoms in total. The predicted octanol–water partition coefficient (Wildman–Crippen LogP) is 5.27. The average Bonchev–Trinajstić information content (AvgIpc) is 3.35. The van der Waals surface area contributed by atoms with Crippen molar-refractivity contribution in [3.63, 3.8) is 0 Å². The third-order valence-corrected chi connectivity index (χ3v) is 5.56. The summed E-state index contributed by atoms with van der Waals surface area (Å²) in [5.74, 6) is 0.344. The minimum atomic E-state index is -0.405. The Morgan fingerprint density at radius 2 is 2.14 bits per heavy atom. The number of halogens is 1. The number of furan rings is 1. The van der Waals surface area contributed by atoms with Crippen LogP contribution >= 0.6 is 15.9 Å². The minimum Gasteiger partial charge on any atom is -0.493 e. The molecule has 3 aromatic rings. The van der Waals surface area contributed by atoms with Gasteiger partial charge in [-0.25, -0.2) is 5.43 Å². The first-order valence-electron chi connectivity index (χ1n) is 9.42. The van der Waals surface area contributed by atoms with Crippen LogP contribution in [-0.4, -0.2) is 23.8 Å². The van der Waals surface area contributed by atoms with Gasteiger partial charge in [-0.3, -0.25) is 4.79 Å². The monoisotopic (exact) mass is 443 g/mol. The number of benzene rings is 1. The van der Waals surface area contributed by atoms with Crippen molar-refractivity contribution in [1.82, 2.24) is 9.99 Å². The molecular formula is C21H22BrN3O3. The molecule has 1 amide bonds. The van der Waals surface area contributed by atoms with Crippen LogP contribution < -0.4 is 10.2 Å². The number of ether oxygens (including phenoxy) is 1. The molecule has 0 radical (unpaired) electrons. The topological polar surface area (TPSA) is 68.8 Å². The number of hydrogen-bond acceptors (Lipinski definition) is 4. The number of fused-ring (bicyclic) bond motifs is 1. The van der Waals surface area contributed by atoms with E-state index in [2.05, 4.69) is 43.4 Å². The van der Waals surface area contributed by atoms with E-state index in [1.807, 2.05) is 12.1 Å². The molecule has 4 rings (SSSR count). The molecule has 0 atom stereocenters. The fourth-order valence-corrected chi connectivity index (χ4v) is 4.14. The van der Waals surface area contributed by atoms with Crippen molar-refractivity contribution in [2.45, 2.75) is 38.1 Å². The maximum Gasteiger partial charge on any atom is 0.307 e. The Morgan fingerprint density at radius 3 is 2.93 bits per heavy atom. The van der Waals surface area contributed by atoms with Crippen molar-refractivity contribution in [3.8, 4) is 5.75 Å². The first kappa shape index (κ1) is 18.8. The molecule has 1 saturated carbocycles. The van der Waals surface area contributed by atoms with E-state index in [4.69, 9.17) is 9.15 Å². The first-order chi connectivity index (χ1) is 13.6. The predicted molar refractivity (Wildman–Crippen MR) is 112 cm³/mol. The maximum absolute atomic E-state index is 12.4. The number of nitrogens with one attached hydrogen (secondary N) is 1. The summed E-state index contributed by atoms with van der Waals surface area (Å²) in [6, 6.07) is 7.93. The van der Waals surface area contributed by atoms with Gasteiger partial charge in [0, 0.05) is 33.9 Å². The summed E-state index contributed by atoms with van der Waals surface area (Å²) >= 11 is 3.42. The lowest BCUT2D eigenvalue weighted by Crippen LogP contribution is -2.16. The molecule has 2 heterocycles. The van der Waals surface area contributed by atoms with Gasteiger partial charge < -0.3 is 13.7 Å².